The minimum absolute atomic E-state index is 0.341. The van der Waals surface area contributed by atoms with E-state index >= 15 is 0 Å². The fourth-order valence-electron chi connectivity index (χ4n) is 2.44. The summed E-state index contributed by atoms with van der Waals surface area (Å²) in [5.41, 5.74) is 6.99. The molecule has 0 unspecified atom stereocenters. The molecule has 1 aromatic rings. The van der Waals surface area contributed by atoms with Gasteiger partial charge in [-0.05, 0) is 43.4 Å². The Balaban J connectivity index is 1.89. The normalized spacial score (nSPS) is 23.1. The van der Waals surface area contributed by atoms with Crippen LogP contribution in [0.3, 0.4) is 0 Å². The number of hydrogen-bond donors (Lipinski definition) is 1. The SMILES string of the molecule is COc1ccc(COC2CCC(N)CC2)cc1OC. The molecule has 1 aliphatic rings. The standard InChI is InChI=1S/C15H23NO3/c1-17-14-8-3-11(9-15(14)18-2)10-19-13-6-4-12(16)5-7-13/h3,8-9,12-13H,4-7,10,16H2,1-2H3. The number of hydrogen-bond acceptors (Lipinski definition) is 4. The van der Waals surface area contributed by atoms with Crippen molar-refractivity contribution in [2.24, 2.45) is 5.73 Å². The summed E-state index contributed by atoms with van der Waals surface area (Å²) in [7, 11) is 3.28. The first-order valence-electron chi connectivity index (χ1n) is 6.81. The highest BCUT2D eigenvalue weighted by molar-refractivity contribution is 5.42. The van der Waals surface area contributed by atoms with Crippen LogP contribution in [0, 0.1) is 0 Å². The summed E-state index contributed by atoms with van der Waals surface area (Å²) in [6.45, 7) is 0.611. The van der Waals surface area contributed by atoms with Gasteiger partial charge in [0.1, 0.15) is 0 Å². The van der Waals surface area contributed by atoms with E-state index in [0.29, 0.717) is 18.8 Å². The Bertz CT molecular complexity index is 400. The van der Waals surface area contributed by atoms with Gasteiger partial charge in [0.05, 0.1) is 26.9 Å². The summed E-state index contributed by atoms with van der Waals surface area (Å²) in [4.78, 5) is 0. The Morgan fingerprint density at radius 1 is 1.05 bits per heavy atom. The maximum atomic E-state index is 5.94. The van der Waals surface area contributed by atoms with E-state index in [0.717, 1.165) is 42.7 Å². The molecule has 2 rings (SSSR count). The van der Waals surface area contributed by atoms with Crippen molar-refractivity contribution in [1.82, 2.24) is 0 Å². The lowest BCUT2D eigenvalue weighted by molar-refractivity contribution is 0.0137. The second kappa shape index (κ2) is 6.78. The van der Waals surface area contributed by atoms with Gasteiger partial charge in [-0.2, -0.15) is 0 Å². The molecule has 4 nitrogen and oxygen atoms in total. The van der Waals surface area contributed by atoms with Crippen LogP contribution in [-0.4, -0.2) is 26.4 Å². The molecule has 0 saturated heterocycles. The molecular formula is C15H23NO3. The molecule has 0 spiro atoms. The van der Waals surface area contributed by atoms with Gasteiger partial charge in [-0.1, -0.05) is 6.07 Å². The molecule has 0 aromatic heterocycles. The predicted molar refractivity (Wildman–Crippen MR) is 74.6 cm³/mol. The summed E-state index contributed by atoms with van der Waals surface area (Å²) in [6.07, 6.45) is 4.60. The zero-order valence-corrected chi connectivity index (χ0v) is 11.7. The number of rotatable bonds is 5. The Morgan fingerprint density at radius 3 is 2.37 bits per heavy atom. The molecule has 0 heterocycles. The molecule has 0 amide bonds. The van der Waals surface area contributed by atoms with E-state index in [1.807, 2.05) is 18.2 Å². The van der Waals surface area contributed by atoms with Gasteiger partial charge in [-0.3, -0.25) is 0 Å². The van der Waals surface area contributed by atoms with Gasteiger partial charge in [0.15, 0.2) is 11.5 Å². The van der Waals surface area contributed by atoms with Gasteiger partial charge < -0.3 is 19.9 Å². The van der Waals surface area contributed by atoms with Crippen LogP contribution in [0.2, 0.25) is 0 Å². The van der Waals surface area contributed by atoms with Crippen LogP contribution in [0.1, 0.15) is 31.2 Å². The van der Waals surface area contributed by atoms with Crippen LogP contribution in [0.25, 0.3) is 0 Å². The Hall–Kier alpha value is -1.26. The number of benzene rings is 1. The smallest absolute Gasteiger partial charge is 0.161 e. The molecule has 1 aliphatic carbocycles. The third-order valence-electron chi connectivity index (χ3n) is 3.65. The molecule has 1 aromatic carbocycles. The Kier molecular flexibility index (Phi) is 5.05. The van der Waals surface area contributed by atoms with Crippen molar-refractivity contribution in [1.29, 1.82) is 0 Å². The molecule has 1 fully saturated rings. The van der Waals surface area contributed by atoms with Crippen molar-refractivity contribution in [3.8, 4) is 11.5 Å². The van der Waals surface area contributed by atoms with Crippen LogP contribution in [-0.2, 0) is 11.3 Å². The Morgan fingerprint density at radius 2 is 1.74 bits per heavy atom. The first-order valence-corrected chi connectivity index (χ1v) is 6.81. The van der Waals surface area contributed by atoms with Crippen molar-refractivity contribution in [2.75, 3.05) is 14.2 Å². The van der Waals surface area contributed by atoms with E-state index < -0.39 is 0 Å². The van der Waals surface area contributed by atoms with Crippen LogP contribution < -0.4 is 15.2 Å². The van der Waals surface area contributed by atoms with Gasteiger partial charge in [0.2, 0.25) is 0 Å². The van der Waals surface area contributed by atoms with Gasteiger partial charge in [0, 0.05) is 6.04 Å². The van der Waals surface area contributed by atoms with Crippen LogP contribution in [0.5, 0.6) is 11.5 Å². The summed E-state index contributed by atoms with van der Waals surface area (Å²) >= 11 is 0. The Labute approximate surface area is 114 Å². The zero-order valence-electron chi connectivity index (χ0n) is 11.7. The largest absolute Gasteiger partial charge is 0.493 e. The number of ether oxygens (including phenoxy) is 3. The lowest BCUT2D eigenvalue weighted by atomic mass is 9.94. The maximum absolute atomic E-state index is 5.94. The third-order valence-corrected chi connectivity index (χ3v) is 3.65. The number of methoxy groups -OCH3 is 2. The minimum atomic E-state index is 0.341. The van der Waals surface area contributed by atoms with E-state index in [9.17, 15) is 0 Å². The van der Waals surface area contributed by atoms with E-state index in [2.05, 4.69) is 0 Å². The molecule has 0 radical (unpaired) electrons. The van der Waals surface area contributed by atoms with E-state index in [-0.39, 0.29) is 0 Å². The average Bonchev–Trinajstić information content (AvgIpc) is 2.46. The minimum Gasteiger partial charge on any atom is -0.493 e. The monoisotopic (exact) mass is 265 g/mol. The highest BCUT2D eigenvalue weighted by Crippen LogP contribution is 2.28. The van der Waals surface area contributed by atoms with E-state index in [4.69, 9.17) is 19.9 Å². The van der Waals surface area contributed by atoms with Gasteiger partial charge in [0.25, 0.3) is 0 Å². The van der Waals surface area contributed by atoms with Crippen molar-refractivity contribution in [2.45, 2.75) is 44.4 Å². The van der Waals surface area contributed by atoms with Gasteiger partial charge in [-0.25, -0.2) is 0 Å². The first kappa shape index (κ1) is 14.2. The van der Waals surface area contributed by atoms with Crippen molar-refractivity contribution >= 4 is 0 Å². The summed E-state index contributed by atoms with van der Waals surface area (Å²) in [5.74, 6) is 1.49. The highest BCUT2D eigenvalue weighted by Gasteiger charge is 2.19. The first-order chi connectivity index (χ1) is 9.22. The lowest BCUT2D eigenvalue weighted by Crippen LogP contribution is -2.30. The fraction of sp³-hybridized carbons (Fsp3) is 0.600. The number of nitrogens with two attached hydrogens (primary N) is 1. The van der Waals surface area contributed by atoms with E-state index in [1.54, 1.807) is 14.2 Å². The lowest BCUT2D eigenvalue weighted by Gasteiger charge is -2.26. The fourth-order valence-corrected chi connectivity index (χ4v) is 2.44. The maximum Gasteiger partial charge on any atom is 0.161 e. The van der Waals surface area contributed by atoms with Gasteiger partial charge in [-0.15, -0.1) is 0 Å². The molecule has 0 atom stereocenters. The summed E-state index contributed by atoms with van der Waals surface area (Å²) in [6, 6.07) is 6.25. The van der Waals surface area contributed by atoms with Crippen molar-refractivity contribution < 1.29 is 14.2 Å². The molecule has 19 heavy (non-hydrogen) atoms. The molecular weight excluding hydrogens is 242 g/mol. The summed E-state index contributed by atoms with van der Waals surface area (Å²) < 4.78 is 16.4. The van der Waals surface area contributed by atoms with Crippen molar-refractivity contribution in [3.05, 3.63) is 23.8 Å². The van der Waals surface area contributed by atoms with Gasteiger partial charge >= 0.3 is 0 Å². The van der Waals surface area contributed by atoms with E-state index in [1.165, 1.54) is 0 Å². The second-order valence-corrected chi connectivity index (χ2v) is 5.04. The summed E-state index contributed by atoms with van der Waals surface area (Å²) in [5, 5.41) is 0. The molecule has 1 saturated carbocycles. The van der Waals surface area contributed by atoms with Crippen molar-refractivity contribution in [3.63, 3.8) is 0 Å². The van der Waals surface area contributed by atoms with Crippen LogP contribution >= 0.6 is 0 Å². The third kappa shape index (κ3) is 3.85. The zero-order chi connectivity index (χ0) is 13.7. The second-order valence-electron chi connectivity index (χ2n) is 5.04. The molecule has 2 N–H and O–H groups in total. The highest BCUT2D eigenvalue weighted by atomic mass is 16.5. The molecule has 0 aliphatic heterocycles. The average molecular weight is 265 g/mol. The molecule has 106 valence electrons. The molecule has 0 bridgehead atoms. The van der Waals surface area contributed by atoms with Crippen LogP contribution in [0.4, 0.5) is 0 Å². The van der Waals surface area contributed by atoms with Crippen LogP contribution in [0.15, 0.2) is 18.2 Å². The molecule has 4 heteroatoms. The quantitative estimate of drug-likeness (QED) is 0.888. The topological polar surface area (TPSA) is 53.7 Å². The predicted octanol–water partition coefficient (Wildman–Crippen LogP) is 2.49.